The molecule has 9 atom stereocenters. The van der Waals surface area contributed by atoms with Crippen LogP contribution in [0, 0.1) is 34.5 Å². The summed E-state index contributed by atoms with van der Waals surface area (Å²) in [6.45, 7) is 5.61. The van der Waals surface area contributed by atoms with Crippen molar-refractivity contribution < 1.29 is 24.9 Å². The molecular formula is C21H32O5. The summed E-state index contributed by atoms with van der Waals surface area (Å²) in [5.41, 5.74) is -2.11. The summed E-state index contributed by atoms with van der Waals surface area (Å²) in [6.07, 6.45) is 3.15. The number of Topliss-reactive ketones (excluding diaryl/α,β-unsaturated/α-hetero) is 2. The van der Waals surface area contributed by atoms with Crippen molar-refractivity contribution in [3.05, 3.63) is 0 Å². The van der Waals surface area contributed by atoms with Crippen LogP contribution in [0.3, 0.4) is 0 Å². The number of hydrogen-bond donors (Lipinski definition) is 3. The fourth-order valence-electron chi connectivity index (χ4n) is 7.59. The highest BCUT2D eigenvalue weighted by molar-refractivity contribution is 5.88. The highest BCUT2D eigenvalue weighted by Crippen LogP contribution is 2.67. The minimum absolute atomic E-state index is 0.0151. The van der Waals surface area contributed by atoms with E-state index in [-0.39, 0.29) is 40.7 Å². The molecule has 0 radical (unpaired) electrons. The summed E-state index contributed by atoms with van der Waals surface area (Å²) in [6, 6.07) is 0. The van der Waals surface area contributed by atoms with E-state index in [1.54, 1.807) is 0 Å². The van der Waals surface area contributed by atoms with E-state index in [9.17, 15) is 24.9 Å². The summed E-state index contributed by atoms with van der Waals surface area (Å²) in [7, 11) is 0. The van der Waals surface area contributed by atoms with Gasteiger partial charge in [0.05, 0.1) is 6.10 Å². The van der Waals surface area contributed by atoms with Gasteiger partial charge in [-0.3, -0.25) is 9.59 Å². The molecule has 0 aromatic carbocycles. The van der Waals surface area contributed by atoms with Crippen LogP contribution in [0.25, 0.3) is 0 Å². The summed E-state index contributed by atoms with van der Waals surface area (Å²) in [4.78, 5) is 25.3. The number of carbonyl (C=O) groups excluding carboxylic acids is 2. The quantitative estimate of drug-likeness (QED) is 0.660. The van der Waals surface area contributed by atoms with Crippen LogP contribution in [0.4, 0.5) is 0 Å². The maximum absolute atomic E-state index is 13.1. The molecule has 4 aliphatic rings. The van der Waals surface area contributed by atoms with Gasteiger partial charge in [-0.05, 0) is 75.0 Å². The lowest BCUT2D eigenvalue weighted by atomic mass is 9.43. The van der Waals surface area contributed by atoms with Gasteiger partial charge in [-0.15, -0.1) is 0 Å². The van der Waals surface area contributed by atoms with Gasteiger partial charge in [0, 0.05) is 11.3 Å². The lowest BCUT2D eigenvalue weighted by Crippen LogP contribution is -2.64. The molecule has 3 unspecified atom stereocenters. The van der Waals surface area contributed by atoms with Crippen molar-refractivity contribution in [2.24, 2.45) is 34.5 Å². The van der Waals surface area contributed by atoms with E-state index in [2.05, 4.69) is 6.92 Å². The minimum Gasteiger partial charge on any atom is -0.393 e. The van der Waals surface area contributed by atoms with Crippen LogP contribution in [0.15, 0.2) is 0 Å². The largest absolute Gasteiger partial charge is 0.393 e. The van der Waals surface area contributed by atoms with Gasteiger partial charge < -0.3 is 15.3 Å². The molecule has 146 valence electrons. The molecule has 4 aliphatic carbocycles. The van der Waals surface area contributed by atoms with Crippen LogP contribution in [0.5, 0.6) is 0 Å². The van der Waals surface area contributed by atoms with Crippen molar-refractivity contribution in [1.29, 1.82) is 0 Å². The number of aliphatic hydroxyl groups excluding tert-OH is 2. The Balaban J connectivity index is 1.74. The predicted molar refractivity (Wildman–Crippen MR) is 95.1 cm³/mol. The third kappa shape index (κ3) is 2.08. The standard InChI is InChI=1S/C21H32O5/c1-11(22)21(26)9-6-14-16-13(5-8-20(14,21)3)19(2)7-4-12(23)10-15(19)17(24)18(16)25/h12-16,18,23,25-26H,4-10H2,1-3H3/t12?,13-,14-,15?,16+,18?,19+,20-,21-/m0/s1. The molecule has 26 heavy (non-hydrogen) atoms. The summed E-state index contributed by atoms with van der Waals surface area (Å²) in [5.74, 6) is -0.595. The van der Waals surface area contributed by atoms with Gasteiger partial charge in [0.25, 0.3) is 0 Å². The van der Waals surface area contributed by atoms with Crippen LogP contribution in [-0.4, -0.2) is 44.7 Å². The Labute approximate surface area is 155 Å². The molecule has 4 fully saturated rings. The van der Waals surface area contributed by atoms with Crippen molar-refractivity contribution in [2.45, 2.75) is 83.5 Å². The van der Waals surface area contributed by atoms with Crippen molar-refractivity contribution in [1.82, 2.24) is 0 Å². The second-order valence-corrected chi connectivity index (χ2v) is 10.0. The first kappa shape index (κ1) is 18.6. The van der Waals surface area contributed by atoms with Crippen LogP contribution in [0.2, 0.25) is 0 Å². The molecule has 0 aromatic heterocycles. The molecule has 5 nitrogen and oxygen atoms in total. The summed E-state index contributed by atoms with van der Waals surface area (Å²) in [5, 5.41) is 32.2. The highest BCUT2D eigenvalue weighted by Gasteiger charge is 2.69. The van der Waals surface area contributed by atoms with E-state index in [1.807, 2.05) is 6.92 Å². The number of rotatable bonds is 1. The molecular weight excluding hydrogens is 332 g/mol. The Bertz CT molecular complexity index is 646. The van der Waals surface area contributed by atoms with Crippen molar-refractivity contribution in [3.63, 3.8) is 0 Å². The van der Waals surface area contributed by atoms with E-state index in [1.165, 1.54) is 6.92 Å². The number of fused-ring (bicyclic) bond motifs is 5. The van der Waals surface area contributed by atoms with E-state index >= 15 is 0 Å². The fourth-order valence-corrected chi connectivity index (χ4v) is 7.59. The van der Waals surface area contributed by atoms with Crippen LogP contribution in [0.1, 0.15) is 65.7 Å². The minimum atomic E-state index is -1.34. The normalized spacial score (nSPS) is 56.5. The average molecular weight is 364 g/mol. The van der Waals surface area contributed by atoms with Crippen molar-refractivity contribution >= 4 is 11.6 Å². The maximum atomic E-state index is 13.1. The average Bonchev–Trinajstić information content (AvgIpc) is 2.87. The molecule has 4 saturated carbocycles. The van der Waals surface area contributed by atoms with E-state index in [4.69, 9.17) is 0 Å². The first-order valence-electron chi connectivity index (χ1n) is 10.2. The summed E-state index contributed by atoms with van der Waals surface area (Å²) >= 11 is 0. The lowest BCUT2D eigenvalue weighted by Gasteiger charge is -2.61. The van der Waals surface area contributed by atoms with Crippen molar-refractivity contribution in [2.75, 3.05) is 0 Å². The molecule has 0 saturated heterocycles. The third-order valence-corrected chi connectivity index (χ3v) is 9.23. The monoisotopic (exact) mass is 364 g/mol. The molecule has 0 bridgehead atoms. The zero-order chi connectivity index (χ0) is 19.1. The molecule has 5 heteroatoms. The molecule has 0 amide bonds. The Morgan fingerprint density at radius 2 is 1.69 bits per heavy atom. The molecule has 0 spiro atoms. The molecule has 3 N–H and O–H groups in total. The Kier molecular flexibility index (Phi) is 4.01. The maximum Gasteiger partial charge on any atom is 0.165 e. The zero-order valence-corrected chi connectivity index (χ0v) is 16.1. The Hall–Kier alpha value is -0.780. The van der Waals surface area contributed by atoms with Gasteiger partial charge in [0.1, 0.15) is 11.7 Å². The Morgan fingerprint density at radius 1 is 1.04 bits per heavy atom. The van der Waals surface area contributed by atoms with Crippen molar-refractivity contribution in [3.8, 4) is 0 Å². The lowest BCUT2D eigenvalue weighted by molar-refractivity contribution is -0.195. The van der Waals surface area contributed by atoms with Gasteiger partial charge in [0.2, 0.25) is 0 Å². The van der Waals surface area contributed by atoms with Gasteiger partial charge in [-0.2, -0.15) is 0 Å². The smallest absolute Gasteiger partial charge is 0.165 e. The van der Waals surface area contributed by atoms with Crippen LogP contribution in [-0.2, 0) is 9.59 Å². The SMILES string of the molecule is CC(=O)[C@@]1(O)CC[C@H]2[C@@H]3C(O)C(=O)C4CC(O)CC[C@]4(C)[C@H]3CC[C@@]21C. The first-order chi connectivity index (χ1) is 12.1. The number of carbonyl (C=O) groups is 2. The highest BCUT2D eigenvalue weighted by atomic mass is 16.3. The van der Waals surface area contributed by atoms with E-state index < -0.39 is 23.2 Å². The fraction of sp³-hybridized carbons (Fsp3) is 0.905. The first-order valence-corrected chi connectivity index (χ1v) is 10.2. The molecule has 4 rings (SSSR count). The Morgan fingerprint density at radius 3 is 2.35 bits per heavy atom. The van der Waals surface area contributed by atoms with E-state index in [0.29, 0.717) is 25.7 Å². The van der Waals surface area contributed by atoms with E-state index in [0.717, 1.165) is 19.3 Å². The molecule has 0 aliphatic heterocycles. The number of ketones is 2. The summed E-state index contributed by atoms with van der Waals surface area (Å²) < 4.78 is 0. The second kappa shape index (κ2) is 5.62. The van der Waals surface area contributed by atoms with Crippen LogP contribution >= 0.6 is 0 Å². The van der Waals surface area contributed by atoms with Crippen LogP contribution < -0.4 is 0 Å². The van der Waals surface area contributed by atoms with Gasteiger partial charge in [0.15, 0.2) is 11.6 Å². The van der Waals surface area contributed by atoms with Gasteiger partial charge in [-0.1, -0.05) is 13.8 Å². The third-order valence-electron chi connectivity index (χ3n) is 9.23. The molecule has 0 aromatic rings. The number of aliphatic hydroxyl groups is 3. The number of hydrogen-bond acceptors (Lipinski definition) is 5. The van der Waals surface area contributed by atoms with Gasteiger partial charge >= 0.3 is 0 Å². The van der Waals surface area contributed by atoms with Gasteiger partial charge in [-0.25, -0.2) is 0 Å². The predicted octanol–water partition coefficient (Wildman–Crippen LogP) is 1.86. The zero-order valence-electron chi connectivity index (χ0n) is 16.1. The topological polar surface area (TPSA) is 94.8 Å². The second-order valence-electron chi connectivity index (χ2n) is 10.0. The molecule has 0 heterocycles.